The van der Waals surface area contributed by atoms with Crippen molar-refractivity contribution in [3.63, 3.8) is 0 Å². The molecule has 0 saturated carbocycles. The SMILES string of the molecule is COc1cc(C(=O)N2CCN(C)CC2)ccc1Nc1nc(Nc2ccc(C(=O)NCc3ccccc3)cc2)ncc1C(N)=O. The number of ether oxygens (including phenoxy) is 1. The number of carbonyl (C=O) groups excluding carboxylic acids is 3. The number of aromatic nitrogens is 2. The number of primary amides is 1. The zero-order valence-corrected chi connectivity index (χ0v) is 24.5. The van der Waals surface area contributed by atoms with E-state index in [1.807, 2.05) is 42.3 Å². The van der Waals surface area contributed by atoms with Crippen LogP contribution in [0.4, 0.5) is 23.1 Å². The molecule has 226 valence electrons. The second kappa shape index (κ2) is 13.7. The Bertz CT molecular complexity index is 1640. The zero-order valence-electron chi connectivity index (χ0n) is 24.5. The number of nitrogens with two attached hydrogens (primary N) is 1. The molecule has 12 nitrogen and oxygen atoms in total. The fourth-order valence-corrected chi connectivity index (χ4v) is 4.68. The van der Waals surface area contributed by atoms with E-state index >= 15 is 0 Å². The summed E-state index contributed by atoms with van der Waals surface area (Å²) in [5.74, 6) is -0.239. The smallest absolute Gasteiger partial charge is 0.254 e. The number of nitrogens with one attached hydrogen (secondary N) is 3. The Kier molecular flexibility index (Phi) is 9.31. The highest BCUT2D eigenvalue weighted by atomic mass is 16.5. The van der Waals surface area contributed by atoms with E-state index in [2.05, 4.69) is 30.8 Å². The summed E-state index contributed by atoms with van der Waals surface area (Å²) in [7, 11) is 3.53. The van der Waals surface area contributed by atoms with E-state index in [0.717, 1.165) is 18.7 Å². The average Bonchev–Trinajstić information content (AvgIpc) is 3.04. The van der Waals surface area contributed by atoms with Gasteiger partial charge in [0.25, 0.3) is 17.7 Å². The van der Waals surface area contributed by atoms with Gasteiger partial charge in [0.1, 0.15) is 17.1 Å². The first-order valence-corrected chi connectivity index (χ1v) is 14.1. The van der Waals surface area contributed by atoms with E-state index < -0.39 is 5.91 Å². The number of carbonyl (C=O) groups is 3. The topological polar surface area (TPSA) is 155 Å². The third-order valence-electron chi connectivity index (χ3n) is 7.25. The van der Waals surface area contributed by atoms with Crippen LogP contribution in [0.2, 0.25) is 0 Å². The van der Waals surface area contributed by atoms with Gasteiger partial charge in [-0.15, -0.1) is 0 Å². The molecule has 12 heteroatoms. The first-order chi connectivity index (χ1) is 21.3. The minimum absolute atomic E-state index is 0.0700. The largest absolute Gasteiger partial charge is 0.495 e. The molecule has 0 radical (unpaired) electrons. The maximum absolute atomic E-state index is 13.1. The van der Waals surface area contributed by atoms with Gasteiger partial charge >= 0.3 is 0 Å². The Labute approximate surface area is 255 Å². The summed E-state index contributed by atoms with van der Waals surface area (Å²) in [6.07, 6.45) is 1.32. The lowest BCUT2D eigenvalue weighted by atomic mass is 10.1. The molecule has 3 aromatic carbocycles. The second-order valence-corrected chi connectivity index (χ2v) is 10.3. The minimum atomic E-state index is -0.717. The average molecular weight is 595 g/mol. The predicted molar refractivity (Wildman–Crippen MR) is 168 cm³/mol. The number of amides is 3. The molecule has 1 aliphatic heterocycles. The van der Waals surface area contributed by atoms with E-state index in [1.165, 1.54) is 13.3 Å². The molecule has 2 heterocycles. The van der Waals surface area contributed by atoms with Crippen molar-refractivity contribution < 1.29 is 19.1 Å². The quantitative estimate of drug-likeness (QED) is 0.216. The molecule has 4 aromatic rings. The first kappa shape index (κ1) is 30.0. The van der Waals surface area contributed by atoms with Crippen molar-refractivity contribution in [2.24, 2.45) is 5.73 Å². The Morgan fingerprint density at radius 2 is 1.61 bits per heavy atom. The molecule has 0 bridgehead atoms. The van der Waals surface area contributed by atoms with E-state index in [4.69, 9.17) is 10.5 Å². The molecule has 5 rings (SSSR count). The van der Waals surface area contributed by atoms with Crippen molar-refractivity contribution in [1.82, 2.24) is 25.1 Å². The van der Waals surface area contributed by atoms with Crippen LogP contribution in [0, 0.1) is 0 Å². The van der Waals surface area contributed by atoms with Crippen LogP contribution >= 0.6 is 0 Å². The molecule has 0 unspecified atom stereocenters. The third-order valence-corrected chi connectivity index (χ3v) is 7.25. The maximum atomic E-state index is 13.1. The number of methoxy groups -OCH3 is 1. The van der Waals surface area contributed by atoms with Crippen molar-refractivity contribution in [1.29, 1.82) is 0 Å². The number of hydrogen-bond acceptors (Lipinski definition) is 9. The minimum Gasteiger partial charge on any atom is -0.495 e. The molecule has 1 saturated heterocycles. The van der Waals surface area contributed by atoms with Crippen LogP contribution in [-0.4, -0.2) is 77.8 Å². The fourth-order valence-electron chi connectivity index (χ4n) is 4.68. The summed E-state index contributed by atoms with van der Waals surface area (Å²) in [5, 5.41) is 9.08. The highest BCUT2D eigenvalue weighted by Crippen LogP contribution is 2.30. The molecular formula is C32H34N8O4. The predicted octanol–water partition coefficient (Wildman–Crippen LogP) is 3.39. The van der Waals surface area contributed by atoms with Crippen LogP contribution in [0.5, 0.6) is 5.75 Å². The van der Waals surface area contributed by atoms with Gasteiger partial charge in [-0.05, 0) is 55.1 Å². The summed E-state index contributed by atoms with van der Waals surface area (Å²) in [6, 6.07) is 21.6. The Morgan fingerprint density at radius 3 is 2.30 bits per heavy atom. The van der Waals surface area contributed by atoms with Gasteiger partial charge in [0.2, 0.25) is 5.95 Å². The number of benzene rings is 3. The van der Waals surface area contributed by atoms with Crippen molar-refractivity contribution in [3.05, 3.63) is 101 Å². The third kappa shape index (κ3) is 7.28. The highest BCUT2D eigenvalue weighted by molar-refractivity contribution is 5.99. The maximum Gasteiger partial charge on any atom is 0.254 e. The Balaban J connectivity index is 1.29. The van der Waals surface area contributed by atoms with Crippen molar-refractivity contribution in [2.45, 2.75) is 6.54 Å². The van der Waals surface area contributed by atoms with Gasteiger partial charge in [-0.1, -0.05) is 30.3 Å². The van der Waals surface area contributed by atoms with Gasteiger partial charge in [-0.3, -0.25) is 14.4 Å². The molecule has 1 aliphatic rings. The van der Waals surface area contributed by atoms with Crippen LogP contribution in [0.1, 0.15) is 36.6 Å². The van der Waals surface area contributed by atoms with E-state index in [0.29, 0.717) is 47.9 Å². The molecule has 1 aromatic heterocycles. The van der Waals surface area contributed by atoms with Crippen LogP contribution < -0.4 is 26.4 Å². The van der Waals surface area contributed by atoms with Crippen LogP contribution in [0.15, 0.2) is 79.0 Å². The molecule has 1 fully saturated rings. The molecule has 0 aliphatic carbocycles. The van der Waals surface area contributed by atoms with E-state index in [-0.39, 0.29) is 29.1 Å². The van der Waals surface area contributed by atoms with Crippen LogP contribution in [0.25, 0.3) is 0 Å². The lowest BCUT2D eigenvalue weighted by Gasteiger charge is -2.32. The normalized spacial score (nSPS) is 13.2. The lowest BCUT2D eigenvalue weighted by molar-refractivity contribution is 0.0663. The van der Waals surface area contributed by atoms with Gasteiger partial charge in [0.05, 0.1) is 12.8 Å². The van der Waals surface area contributed by atoms with E-state index in [1.54, 1.807) is 42.5 Å². The number of rotatable bonds is 10. The summed E-state index contributed by atoms with van der Waals surface area (Å²) >= 11 is 0. The highest BCUT2D eigenvalue weighted by Gasteiger charge is 2.22. The van der Waals surface area contributed by atoms with Crippen molar-refractivity contribution >= 4 is 40.9 Å². The number of hydrogen-bond donors (Lipinski definition) is 4. The number of nitrogens with zero attached hydrogens (tertiary/aromatic N) is 4. The van der Waals surface area contributed by atoms with Crippen LogP contribution in [0.3, 0.4) is 0 Å². The monoisotopic (exact) mass is 594 g/mol. The summed E-state index contributed by atoms with van der Waals surface area (Å²) < 4.78 is 5.56. The second-order valence-electron chi connectivity index (χ2n) is 10.3. The van der Waals surface area contributed by atoms with Crippen LogP contribution in [-0.2, 0) is 6.54 Å². The molecular weight excluding hydrogens is 560 g/mol. The van der Waals surface area contributed by atoms with Crippen molar-refractivity contribution in [3.8, 4) is 5.75 Å². The summed E-state index contributed by atoms with van der Waals surface area (Å²) in [5.41, 5.74) is 8.79. The Morgan fingerprint density at radius 1 is 0.909 bits per heavy atom. The fraction of sp³-hybridized carbons (Fsp3) is 0.219. The summed E-state index contributed by atoms with van der Waals surface area (Å²) in [4.78, 5) is 50.5. The van der Waals surface area contributed by atoms with Gasteiger partial charge in [-0.2, -0.15) is 4.98 Å². The zero-order chi connectivity index (χ0) is 31.1. The molecule has 5 N–H and O–H groups in total. The molecule has 44 heavy (non-hydrogen) atoms. The van der Waals surface area contributed by atoms with Gasteiger partial charge in [0.15, 0.2) is 0 Å². The molecule has 0 spiro atoms. The van der Waals surface area contributed by atoms with Gasteiger partial charge < -0.3 is 36.2 Å². The first-order valence-electron chi connectivity index (χ1n) is 14.1. The lowest BCUT2D eigenvalue weighted by Crippen LogP contribution is -2.47. The van der Waals surface area contributed by atoms with Crippen molar-refractivity contribution in [2.75, 3.05) is 51.0 Å². The number of likely N-dealkylation sites (N-methyl/N-ethyl adjacent to an activating group) is 1. The number of anilines is 4. The van der Waals surface area contributed by atoms with Gasteiger partial charge in [-0.25, -0.2) is 4.98 Å². The molecule has 3 amide bonds. The molecule has 0 atom stereocenters. The standard InChI is InChI=1S/C32H34N8O4/c1-39-14-16-40(17-15-39)31(43)23-10-13-26(27(18-23)44-2)37-29-25(28(33)41)20-35-32(38-29)36-24-11-8-22(9-12-24)30(42)34-19-21-6-4-3-5-7-21/h3-13,18,20H,14-17,19H2,1-2H3,(H2,33,41)(H,34,42)(H2,35,36,37,38). The number of piperazine rings is 1. The summed E-state index contributed by atoms with van der Waals surface area (Å²) in [6.45, 7) is 3.37. The van der Waals surface area contributed by atoms with E-state index in [9.17, 15) is 14.4 Å². The Hall–Kier alpha value is -5.49. The van der Waals surface area contributed by atoms with Gasteiger partial charge in [0, 0.05) is 55.7 Å².